The Balaban J connectivity index is 2.10. The molecule has 0 bridgehead atoms. The molecule has 2 N–H and O–H groups in total. The summed E-state index contributed by atoms with van der Waals surface area (Å²) in [7, 11) is -6.69. The molecule has 0 aliphatic heterocycles. The Labute approximate surface area is 186 Å². The molecule has 0 aliphatic carbocycles. The molecule has 3 aromatic carbocycles. The van der Waals surface area contributed by atoms with E-state index in [1.807, 2.05) is 0 Å². The summed E-state index contributed by atoms with van der Waals surface area (Å²) < 4.78 is 59.3. The first-order valence-electron chi connectivity index (χ1n) is 8.98. The van der Waals surface area contributed by atoms with Gasteiger partial charge in [-0.05, 0) is 79.6 Å². The molecule has 7 nitrogen and oxygen atoms in total. The molecule has 31 heavy (non-hydrogen) atoms. The largest absolute Gasteiger partial charge is 0.506 e. The van der Waals surface area contributed by atoms with Gasteiger partial charge in [-0.25, -0.2) is 16.8 Å². The van der Waals surface area contributed by atoms with Crippen LogP contribution in [0.1, 0.15) is 11.1 Å². The van der Waals surface area contributed by atoms with Gasteiger partial charge in [0, 0.05) is 5.02 Å². The van der Waals surface area contributed by atoms with Crippen molar-refractivity contribution in [1.82, 2.24) is 0 Å². The van der Waals surface area contributed by atoms with E-state index >= 15 is 0 Å². The highest BCUT2D eigenvalue weighted by molar-refractivity contribution is 7.93. The van der Waals surface area contributed by atoms with Gasteiger partial charge in [0.25, 0.3) is 10.0 Å². The van der Waals surface area contributed by atoms with Crippen LogP contribution >= 0.6 is 11.6 Å². The highest BCUT2D eigenvalue weighted by Gasteiger charge is 2.26. The summed E-state index contributed by atoms with van der Waals surface area (Å²) in [4.78, 5) is -0.523. The number of hydrogen-bond donors (Lipinski definition) is 2. The number of nitrogens with one attached hydrogen (secondary N) is 1. The number of sulfone groups is 1. The van der Waals surface area contributed by atoms with Gasteiger partial charge in [-0.3, -0.25) is 4.72 Å². The lowest BCUT2D eigenvalue weighted by Crippen LogP contribution is -2.15. The molecular weight excluding hydrogens is 462 g/mol. The molecule has 164 valence electrons. The summed E-state index contributed by atoms with van der Waals surface area (Å²) in [5.74, 6) is 0.0480. The van der Waals surface area contributed by atoms with E-state index in [-0.39, 0.29) is 21.0 Å². The number of hydrogen-bond acceptors (Lipinski definition) is 6. The van der Waals surface area contributed by atoms with Crippen molar-refractivity contribution in [3.8, 4) is 11.5 Å². The van der Waals surface area contributed by atoms with E-state index in [0.717, 1.165) is 6.07 Å². The zero-order chi connectivity index (χ0) is 23.0. The second kappa shape index (κ2) is 8.41. The summed E-state index contributed by atoms with van der Waals surface area (Å²) in [6.45, 7) is 3.09. The average molecular weight is 482 g/mol. The number of phenolic OH excluding ortho intramolecular Hbond substituents is 1. The van der Waals surface area contributed by atoms with Gasteiger partial charge in [-0.2, -0.15) is 0 Å². The summed E-state index contributed by atoms with van der Waals surface area (Å²) in [5.41, 5.74) is 0.672. The van der Waals surface area contributed by atoms with Gasteiger partial charge in [0.05, 0.1) is 22.6 Å². The standard InChI is InChI=1S/C21H20ClNO6S2/c1-13-14(2)21(24)20(30(25,26)17-8-4-15(22)5-9-17)12-19(13)23-31(27,28)18-10-6-16(29-3)7-11-18/h4-12,23-24H,1-3H3. The molecule has 0 aliphatic rings. The van der Waals surface area contributed by atoms with Gasteiger partial charge in [0.15, 0.2) is 0 Å². The van der Waals surface area contributed by atoms with Gasteiger partial charge in [0.2, 0.25) is 9.84 Å². The van der Waals surface area contributed by atoms with Crippen molar-refractivity contribution in [3.63, 3.8) is 0 Å². The van der Waals surface area contributed by atoms with Crippen molar-refractivity contribution >= 4 is 37.1 Å². The van der Waals surface area contributed by atoms with Crippen molar-refractivity contribution in [1.29, 1.82) is 0 Å². The Hall–Kier alpha value is -2.75. The Bertz CT molecular complexity index is 1330. The monoisotopic (exact) mass is 481 g/mol. The van der Waals surface area contributed by atoms with Gasteiger partial charge >= 0.3 is 0 Å². The number of rotatable bonds is 6. The number of aromatic hydroxyl groups is 1. The molecule has 3 rings (SSSR count). The van der Waals surface area contributed by atoms with Crippen molar-refractivity contribution in [2.45, 2.75) is 28.5 Å². The minimum atomic E-state index is -4.14. The minimum Gasteiger partial charge on any atom is -0.506 e. The Kier molecular flexibility index (Phi) is 6.22. The second-order valence-electron chi connectivity index (χ2n) is 6.76. The predicted octanol–water partition coefficient (Wildman–Crippen LogP) is 4.30. The molecule has 0 saturated carbocycles. The van der Waals surface area contributed by atoms with Crippen molar-refractivity contribution in [2.75, 3.05) is 11.8 Å². The molecule has 0 radical (unpaired) electrons. The van der Waals surface area contributed by atoms with E-state index in [0.29, 0.717) is 16.3 Å². The smallest absolute Gasteiger partial charge is 0.261 e. The third kappa shape index (κ3) is 4.48. The zero-order valence-corrected chi connectivity index (χ0v) is 19.3. The molecule has 0 heterocycles. The lowest BCUT2D eigenvalue weighted by atomic mass is 10.1. The van der Waals surface area contributed by atoms with E-state index in [4.69, 9.17) is 16.3 Å². The number of anilines is 1. The third-order valence-corrected chi connectivity index (χ3v) is 8.27. The summed E-state index contributed by atoms with van der Waals surface area (Å²) in [5, 5.41) is 10.9. The average Bonchev–Trinajstić information content (AvgIpc) is 2.74. The van der Waals surface area contributed by atoms with Crippen LogP contribution in [-0.2, 0) is 19.9 Å². The SMILES string of the molecule is COc1ccc(S(=O)(=O)Nc2cc(S(=O)(=O)c3ccc(Cl)cc3)c(O)c(C)c2C)cc1. The lowest BCUT2D eigenvalue weighted by Gasteiger charge is -2.17. The Morgan fingerprint density at radius 1 is 0.871 bits per heavy atom. The maximum Gasteiger partial charge on any atom is 0.261 e. The van der Waals surface area contributed by atoms with Crippen LogP contribution in [0.15, 0.2) is 69.3 Å². The maximum atomic E-state index is 13.1. The molecule has 10 heteroatoms. The van der Waals surface area contributed by atoms with Crippen molar-refractivity contribution in [3.05, 3.63) is 70.7 Å². The fourth-order valence-electron chi connectivity index (χ4n) is 2.88. The van der Waals surface area contributed by atoms with Gasteiger partial charge < -0.3 is 9.84 Å². The molecule has 0 unspecified atom stereocenters. The fraction of sp³-hybridized carbons (Fsp3) is 0.143. The van der Waals surface area contributed by atoms with Crippen LogP contribution < -0.4 is 9.46 Å². The topological polar surface area (TPSA) is 110 Å². The maximum absolute atomic E-state index is 13.1. The number of sulfonamides is 1. The minimum absolute atomic E-state index is 0.0273. The van der Waals surface area contributed by atoms with Gasteiger partial charge in [0.1, 0.15) is 16.4 Å². The van der Waals surface area contributed by atoms with E-state index in [1.165, 1.54) is 62.6 Å². The van der Waals surface area contributed by atoms with E-state index in [1.54, 1.807) is 6.92 Å². The highest BCUT2D eigenvalue weighted by atomic mass is 35.5. The molecule has 0 fully saturated rings. The van der Waals surface area contributed by atoms with E-state index in [9.17, 15) is 21.9 Å². The number of phenols is 1. The molecule has 0 spiro atoms. The quantitative estimate of drug-likeness (QED) is 0.508. The first-order valence-corrected chi connectivity index (χ1v) is 12.3. The zero-order valence-electron chi connectivity index (χ0n) is 16.9. The number of benzene rings is 3. The van der Waals surface area contributed by atoms with Gasteiger partial charge in [-0.1, -0.05) is 11.6 Å². The fourth-order valence-corrected chi connectivity index (χ4v) is 5.55. The number of halogens is 1. The molecule has 0 atom stereocenters. The van der Waals surface area contributed by atoms with Gasteiger partial charge in [-0.15, -0.1) is 0 Å². The van der Waals surface area contributed by atoms with Crippen LogP contribution in [0.2, 0.25) is 5.02 Å². The van der Waals surface area contributed by atoms with Crippen LogP contribution in [0.5, 0.6) is 11.5 Å². The van der Waals surface area contributed by atoms with Crippen LogP contribution in [0, 0.1) is 13.8 Å². The van der Waals surface area contributed by atoms with E-state index < -0.39 is 30.5 Å². The van der Waals surface area contributed by atoms with Crippen LogP contribution in [0.3, 0.4) is 0 Å². The highest BCUT2D eigenvalue weighted by Crippen LogP contribution is 2.38. The van der Waals surface area contributed by atoms with E-state index in [2.05, 4.69) is 4.72 Å². The van der Waals surface area contributed by atoms with Crippen molar-refractivity contribution < 1.29 is 26.7 Å². The van der Waals surface area contributed by atoms with Crippen LogP contribution in [0.4, 0.5) is 5.69 Å². The first-order chi connectivity index (χ1) is 14.5. The van der Waals surface area contributed by atoms with Crippen LogP contribution in [-0.4, -0.2) is 29.1 Å². The summed E-state index contributed by atoms with van der Waals surface area (Å²) in [6.07, 6.45) is 0. The number of ether oxygens (including phenoxy) is 1. The summed E-state index contributed by atoms with van der Waals surface area (Å²) in [6, 6.07) is 12.3. The molecular formula is C21H20ClNO6S2. The molecule has 0 saturated heterocycles. The molecule has 0 amide bonds. The predicted molar refractivity (Wildman–Crippen MR) is 118 cm³/mol. The number of methoxy groups -OCH3 is 1. The summed E-state index contributed by atoms with van der Waals surface area (Å²) >= 11 is 5.83. The first kappa shape index (κ1) is 22.9. The Morgan fingerprint density at radius 2 is 1.42 bits per heavy atom. The van der Waals surface area contributed by atoms with Crippen LogP contribution in [0.25, 0.3) is 0 Å². The third-order valence-electron chi connectivity index (χ3n) is 4.86. The molecule has 3 aromatic rings. The van der Waals surface area contributed by atoms with Crippen molar-refractivity contribution in [2.24, 2.45) is 0 Å². The lowest BCUT2D eigenvalue weighted by molar-refractivity contribution is 0.414. The molecule has 0 aromatic heterocycles. The Morgan fingerprint density at radius 3 is 1.97 bits per heavy atom. The normalized spacial score (nSPS) is 11.9. The second-order valence-corrected chi connectivity index (χ2v) is 10.8.